The Bertz CT molecular complexity index is 913. The minimum Gasteiger partial charge on any atom is -0.507 e. The Labute approximate surface area is 157 Å². The summed E-state index contributed by atoms with van der Waals surface area (Å²) in [6.45, 7) is 0. The summed E-state index contributed by atoms with van der Waals surface area (Å²) in [5, 5.41) is 19.6. The normalized spacial score (nSPS) is 19.0. The lowest BCUT2D eigenvalue weighted by Gasteiger charge is -2.10. The third kappa shape index (κ3) is 4.88. The minimum absolute atomic E-state index is 0.0481. The van der Waals surface area contributed by atoms with Crippen molar-refractivity contribution in [2.24, 2.45) is 10.2 Å². The lowest BCUT2D eigenvalue weighted by Crippen LogP contribution is -2.26. The van der Waals surface area contributed by atoms with Crippen LogP contribution in [0.4, 0.5) is 13.2 Å². The van der Waals surface area contributed by atoms with E-state index in [9.17, 15) is 23.1 Å². The van der Waals surface area contributed by atoms with Crippen molar-refractivity contribution in [3.8, 4) is 5.75 Å². The van der Waals surface area contributed by atoms with E-state index in [4.69, 9.17) is 0 Å². The van der Waals surface area contributed by atoms with Crippen LogP contribution in [0, 0.1) is 0 Å². The number of halogens is 3. The number of para-hydroxylation sites is 1. The molecule has 0 saturated carbocycles. The van der Waals surface area contributed by atoms with Crippen molar-refractivity contribution < 1.29 is 23.1 Å². The van der Waals surface area contributed by atoms with Gasteiger partial charge in [0, 0.05) is 5.56 Å². The zero-order valence-corrected chi connectivity index (χ0v) is 14.6. The maximum absolute atomic E-state index is 12.8. The van der Waals surface area contributed by atoms with Crippen molar-refractivity contribution in [3.05, 3.63) is 65.2 Å². The van der Waals surface area contributed by atoms with Gasteiger partial charge in [-0.1, -0.05) is 42.1 Å². The van der Waals surface area contributed by atoms with Crippen LogP contribution in [0.3, 0.4) is 0 Å². The van der Waals surface area contributed by atoms with Gasteiger partial charge >= 0.3 is 6.18 Å². The average Bonchev–Trinajstić information content (AvgIpc) is 2.96. The molecule has 0 radical (unpaired) electrons. The zero-order valence-electron chi connectivity index (χ0n) is 13.8. The van der Waals surface area contributed by atoms with Crippen LogP contribution >= 0.6 is 11.8 Å². The minimum atomic E-state index is -4.43. The second-order valence-corrected chi connectivity index (χ2v) is 6.90. The van der Waals surface area contributed by atoms with E-state index in [1.54, 1.807) is 24.3 Å². The van der Waals surface area contributed by atoms with Crippen molar-refractivity contribution in [1.29, 1.82) is 0 Å². The highest BCUT2D eigenvalue weighted by molar-refractivity contribution is 8.15. The van der Waals surface area contributed by atoms with Crippen LogP contribution in [-0.2, 0) is 17.4 Å². The second-order valence-electron chi connectivity index (χ2n) is 5.71. The monoisotopic (exact) mass is 393 g/mol. The molecule has 1 aliphatic rings. The number of nitrogens with one attached hydrogen (secondary N) is 1. The summed E-state index contributed by atoms with van der Waals surface area (Å²) in [6.07, 6.45) is -2.94. The highest BCUT2D eigenvalue weighted by Gasteiger charge is 2.33. The smallest absolute Gasteiger partial charge is 0.416 e. The molecule has 1 saturated heterocycles. The topological polar surface area (TPSA) is 74.0 Å². The molecule has 5 nitrogen and oxygen atoms in total. The molecule has 2 N–H and O–H groups in total. The van der Waals surface area contributed by atoms with Gasteiger partial charge in [0.25, 0.3) is 0 Å². The van der Waals surface area contributed by atoms with E-state index in [1.165, 1.54) is 18.3 Å². The predicted octanol–water partition coefficient (Wildman–Crippen LogP) is 3.58. The molecule has 1 aliphatic heterocycles. The number of rotatable bonds is 4. The predicted molar refractivity (Wildman–Crippen MR) is 97.8 cm³/mol. The molecule has 1 heterocycles. The van der Waals surface area contributed by atoms with Crippen molar-refractivity contribution in [2.45, 2.75) is 17.8 Å². The molecular formula is C18H14F3N3O2S. The van der Waals surface area contributed by atoms with E-state index in [0.29, 0.717) is 11.1 Å². The fraction of sp³-hybridized carbons (Fsp3) is 0.167. The van der Waals surface area contributed by atoms with E-state index in [1.807, 2.05) is 0 Å². The first kappa shape index (κ1) is 19.0. The third-order valence-corrected chi connectivity index (χ3v) is 4.81. The first-order valence-corrected chi connectivity index (χ1v) is 8.73. The molecule has 2 aromatic rings. The number of hydrogen-bond donors (Lipinski definition) is 2. The van der Waals surface area contributed by atoms with Crippen molar-refractivity contribution >= 4 is 29.1 Å². The Balaban J connectivity index is 1.66. The molecular weight excluding hydrogens is 379 g/mol. The van der Waals surface area contributed by atoms with Gasteiger partial charge in [-0.25, -0.2) is 0 Å². The highest BCUT2D eigenvalue weighted by atomic mass is 32.2. The standard InChI is InChI=1S/C18H14F3N3O2S/c19-18(20,21)13-6-3-4-11(8-13)9-15-16(26)23-17(27-15)24-22-10-12-5-1-2-7-14(12)25/h1-8,10,15,25H,9H2,(H,23,24,26). The summed E-state index contributed by atoms with van der Waals surface area (Å²) in [4.78, 5) is 12.0. The summed E-state index contributed by atoms with van der Waals surface area (Å²) in [5.74, 6) is -0.291. The van der Waals surface area contributed by atoms with E-state index < -0.39 is 17.0 Å². The van der Waals surface area contributed by atoms with Crippen LogP contribution in [0.15, 0.2) is 58.7 Å². The first-order chi connectivity index (χ1) is 12.8. The van der Waals surface area contributed by atoms with Gasteiger partial charge in [0.2, 0.25) is 5.91 Å². The number of benzene rings is 2. The number of amidine groups is 1. The molecule has 27 heavy (non-hydrogen) atoms. The van der Waals surface area contributed by atoms with Crippen LogP contribution in [0.1, 0.15) is 16.7 Å². The highest BCUT2D eigenvalue weighted by Crippen LogP contribution is 2.31. The number of phenolic OH excluding ortho intramolecular Hbond substituents is 1. The molecule has 0 aromatic heterocycles. The molecule has 3 rings (SSSR count). The Morgan fingerprint density at radius 3 is 2.70 bits per heavy atom. The maximum Gasteiger partial charge on any atom is 0.416 e. The molecule has 140 valence electrons. The van der Waals surface area contributed by atoms with Gasteiger partial charge < -0.3 is 10.4 Å². The van der Waals surface area contributed by atoms with Crippen molar-refractivity contribution in [2.75, 3.05) is 0 Å². The Hall–Kier alpha value is -2.81. The van der Waals surface area contributed by atoms with E-state index in [-0.39, 0.29) is 23.2 Å². The molecule has 1 unspecified atom stereocenters. The van der Waals surface area contributed by atoms with Gasteiger partial charge in [0.15, 0.2) is 5.17 Å². The van der Waals surface area contributed by atoms with E-state index >= 15 is 0 Å². The zero-order chi connectivity index (χ0) is 19.4. The van der Waals surface area contributed by atoms with Crippen LogP contribution in [0.25, 0.3) is 0 Å². The van der Waals surface area contributed by atoms with Gasteiger partial charge in [0.1, 0.15) is 5.75 Å². The number of phenols is 1. The molecule has 1 atom stereocenters. The Morgan fingerprint density at radius 2 is 1.96 bits per heavy atom. The summed E-state index contributed by atoms with van der Waals surface area (Å²) < 4.78 is 38.4. The third-order valence-electron chi connectivity index (χ3n) is 3.73. The fourth-order valence-electron chi connectivity index (χ4n) is 2.42. The van der Waals surface area contributed by atoms with Gasteiger partial charge in [-0.3, -0.25) is 4.79 Å². The van der Waals surface area contributed by atoms with Crippen molar-refractivity contribution in [1.82, 2.24) is 5.32 Å². The molecule has 2 aromatic carbocycles. The lowest BCUT2D eigenvalue weighted by molar-refractivity contribution is -0.137. The second kappa shape index (κ2) is 7.83. The molecule has 9 heteroatoms. The molecule has 1 amide bonds. The molecule has 1 fully saturated rings. The molecule has 0 bridgehead atoms. The quantitative estimate of drug-likeness (QED) is 0.616. The number of thioether (sulfide) groups is 1. The summed E-state index contributed by atoms with van der Waals surface area (Å²) >= 11 is 1.10. The van der Waals surface area contributed by atoms with E-state index in [0.717, 1.165) is 23.9 Å². The number of aromatic hydroxyl groups is 1. The van der Waals surface area contributed by atoms with Crippen LogP contribution in [0.5, 0.6) is 5.75 Å². The number of hydrogen-bond acceptors (Lipinski definition) is 5. The number of carbonyl (C=O) groups excluding carboxylic acids is 1. The average molecular weight is 393 g/mol. The number of amides is 1. The van der Waals surface area contributed by atoms with Gasteiger partial charge in [-0.05, 0) is 30.2 Å². The molecule has 0 spiro atoms. The first-order valence-electron chi connectivity index (χ1n) is 7.85. The van der Waals surface area contributed by atoms with E-state index in [2.05, 4.69) is 15.5 Å². The SMILES string of the molecule is O=C1N/C(=N\N=Cc2ccccc2O)SC1Cc1cccc(C(F)(F)F)c1. The largest absolute Gasteiger partial charge is 0.507 e. The Kier molecular flexibility index (Phi) is 5.50. The number of nitrogens with zero attached hydrogens (tertiary/aromatic N) is 2. The molecule has 0 aliphatic carbocycles. The summed E-state index contributed by atoms with van der Waals surface area (Å²) in [5.41, 5.74) is 0.137. The van der Waals surface area contributed by atoms with Gasteiger partial charge in [-0.2, -0.15) is 18.3 Å². The van der Waals surface area contributed by atoms with Crippen LogP contribution < -0.4 is 5.32 Å². The lowest BCUT2D eigenvalue weighted by atomic mass is 10.1. The Morgan fingerprint density at radius 1 is 1.19 bits per heavy atom. The fourth-order valence-corrected chi connectivity index (χ4v) is 3.38. The summed E-state index contributed by atoms with van der Waals surface area (Å²) in [7, 11) is 0. The van der Waals surface area contributed by atoms with Gasteiger partial charge in [0.05, 0.1) is 17.0 Å². The van der Waals surface area contributed by atoms with Crippen LogP contribution in [0.2, 0.25) is 0 Å². The van der Waals surface area contributed by atoms with Gasteiger partial charge in [-0.15, -0.1) is 5.10 Å². The van der Waals surface area contributed by atoms with Crippen molar-refractivity contribution in [3.63, 3.8) is 0 Å². The maximum atomic E-state index is 12.8. The summed E-state index contributed by atoms with van der Waals surface area (Å²) in [6, 6.07) is 11.5. The van der Waals surface area contributed by atoms with Crippen LogP contribution in [-0.4, -0.2) is 27.6 Å². The number of alkyl halides is 3. The number of carbonyl (C=O) groups is 1.